The van der Waals surface area contributed by atoms with E-state index in [0.29, 0.717) is 10.7 Å². The first-order valence-electron chi connectivity index (χ1n) is 8.85. The molecule has 1 fully saturated rings. The van der Waals surface area contributed by atoms with Crippen LogP contribution in [-0.2, 0) is 5.54 Å². The van der Waals surface area contributed by atoms with Crippen LogP contribution in [-0.4, -0.2) is 20.7 Å². The minimum Gasteiger partial charge on any atom is -0.351 e. The van der Waals surface area contributed by atoms with Crippen LogP contribution >= 0.6 is 11.6 Å². The fourth-order valence-corrected chi connectivity index (χ4v) is 3.56. The Morgan fingerprint density at radius 3 is 2.70 bits per heavy atom. The van der Waals surface area contributed by atoms with Gasteiger partial charge in [0.15, 0.2) is 0 Å². The van der Waals surface area contributed by atoms with E-state index in [1.165, 1.54) is 0 Å². The Morgan fingerprint density at radius 2 is 1.93 bits per heavy atom. The van der Waals surface area contributed by atoms with Crippen molar-refractivity contribution in [1.82, 2.24) is 20.1 Å². The molecule has 2 aromatic heterocycles. The van der Waals surface area contributed by atoms with Crippen LogP contribution in [0.15, 0.2) is 66.9 Å². The summed E-state index contributed by atoms with van der Waals surface area (Å²) in [5.41, 5.74) is 2.92. The van der Waals surface area contributed by atoms with Crippen LogP contribution in [0.5, 0.6) is 0 Å². The topological polar surface area (TPSA) is 62.7 Å². The second-order valence-corrected chi connectivity index (χ2v) is 7.37. The molecule has 0 aliphatic heterocycles. The average Bonchev–Trinajstić information content (AvgIpc) is 3.11. The van der Waals surface area contributed by atoms with Gasteiger partial charge in [-0.05, 0) is 55.3 Å². The Labute approximate surface area is 161 Å². The number of halogens is 1. The second-order valence-electron chi connectivity index (χ2n) is 6.93. The highest BCUT2D eigenvalue weighted by Crippen LogP contribution is 2.45. The molecule has 6 heteroatoms. The Morgan fingerprint density at radius 1 is 1.11 bits per heavy atom. The molecular formula is C21H17ClN4O. The minimum atomic E-state index is -0.383. The molecule has 4 aromatic rings. The summed E-state index contributed by atoms with van der Waals surface area (Å²) in [7, 11) is 0. The number of carbonyl (C=O) groups excluding carboxylic acids is 1. The first-order valence-corrected chi connectivity index (χ1v) is 9.23. The lowest BCUT2D eigenvalue weighted by Gasteiger charge is -2.14. The van der Waals surface area contributed by atoms with Crippen LogP contribution in [0.4, 0.5) is 0 Å². The summed E-state index contributed by atoms with van der Waals surface area (Å²) in [6.45, 7) is 0. The van der Waals surface area contributed by atoms with Crippen LogP contribution in [0.2, 0.25) is 5.02 Å². The lowest BCUT2D eigenvalue weighted by Crippen LogP contribution is -2.35. The third-order valence-corrected chi connectivity index (χ3v) is 5.27. The van der Waals surface area contributed by atoms with Gasteiger partial charge in [0.2, 0.25) is 0 Å². The number of H-pyrrole nitrogens is 1. The molecule has 5 rings (SSSR count). The molecule has 1 saturated carbocycles. The van der Waals surface area contributed by atoms with Crippen molar-refractivity contribution in [3.05, 3.63) is 83.3 Å². The van der Waals surface area contributed by atoms with Crippen molar-refractivity contribution >= 4 is 28.4 Å². The molecule has 134 valence electrons. The van der Waals surface area contributed by atoms with Crippen LogP contribution < -0.4 is 5.32 Å². The van der Waals surface area contributed by atoms with E-state index in [9.17, 15) is 4.79 Å². The van der Waals surface area contributed by atoms with Crippen molar-refractivity contribution < 1.29 is 4.79 Å². The van der Waals surface area contributed by atoms with Crippen LogP contribution in [0.3, 0.4) is 0 Å². The molecule has 0 bridgehead atoms. The number of nitrogens with one attached hydrogen (secondary N) is 2. The zero-order chi connectivity index (χ0) is 18.4. The quantitative estimate of drug-likeness (QED) is 0.553. The first kappa shape index (κ1) is 16.1. The van der Waals surface area contributed by atoms with E-state index in [1.54, 1.807) is 6.07 Å². The summed E-state index contributed by atoms with van der Waals surface area (Å²) < 4.78 is 1.84. The summed E-state index contributed by atoms with van der Waals surface area (Å²) in [5, 5.41) is 9.42. The number of rotatable bonds is 4. The smallest absolute Gasteiger partial charge is 0.268 e. The van der Waals surface area contributed by atoms with Crippen molar-refractivity contribution in [2.75, 3.05) is 0 Å². The molecule has 5 nitrogen and oxygen atoms in total. The zero-order valence-electron chi connectivity index (χ0n) is 14.4. The van der Waals surface area contributed by atoms with Crippen molar-refractivity contribution in [1.29, 1.82) is 0 Å². The Balaban J connectivity index is 1.39. The fraction of sp³-hybridized carbons (Fsp3) is 0.143. The maximum atomic E-state index is 12.8. The van der Waals surface area contributed by atoms with E-state index >= 15 is 0 Å². The van der Waals surface area contributed by atoms with Crippen molar-refractivity contribution in [2.24, 2.45) is 0 Å². The van der Waals surface area contributed by atoms with E-state index < -0.39 is 0 Å². The molecule has 0 saturated heterocycles. The number of hydrogen-bond acceptors (Lipinski definition) is 2. The molecule has 2 N–H and O–H groups in total. The largest absolute Gasteiger partial charge is 0.351 e. The van der Waals surface area contributed by atoms with Gasteiger partial charge in [0.25, 0.3) is 5.91 Å². The van der Waals surface area contributed by atoms with Gasteiger partial charge in [-0.2, -0.15) is 5.10 Å². The summed E-state index contributed by atoms with van der Waals surface area (Å²) in [4.78, 5) is 16.0. The van der Waals surface area contributed by atoms with E-state index in [4.69, 9.17) is 16.7 Å². The number of hydrogen-bond donors (Lipinski definition) is 2. The maximum Gasteiger partial charge on any atom is 0.268 e. The van der Waals surface area contributed by atoms with Crippen molar-refractivity contribution in [3.63, 3.8) is 0 Å². The Hall–Kier alpha value is -3.05. The number of aromatic nitrogens is 3. The third kappa shape index (κ3) is 2.90. The predicted octanol–water partition coefficient (Wildman–Crippen LogP) is 4.43. The molecule has 1 amide bonds. The average molecular weight is 377 g/mol. The van der Waals surface area contributed by atoms with Crippen molar-refractivity contribution in [3.8, 4) is 5.69 Å². The van der Waals surface area contributed by atoms with Gasteiger partial charge < -0.3 is 10.3 Å². The van der Waals surface area contributed by atoms with Gasteiger partial charge in [-0.25, -0.2) is 4.68 Å². The van der Waals surface area contributed by atoms with Gasteiger partial charge >= 0.3 is 0 Å². The third-order valence-electron chi connectivity index (χ3n) is 5.03. The molecule has 0 unspecified atom stereocenters. The molecule has 2 aromatic carbocycles. The normalized spacial score (nSPS) is 15.0. The molecule has 0 radical (unpaired) electrons. The predicted molar refractivity (Wildman–Crippen MR) is 105 cm³/mol. The number of para-hydroxylation sites is 1. The molecule has 2 heterocycles. The summed E-state index contributed by atoms with van der Waals surface area (Å²) >= 11 is 6.03. The van der Waals surface area contributed by atoms with Crippen molar-refractivity contribution in [2.45, 2.75) is 18.4 Å². The summed E-state index contributed by atoms with van der Waals surface area (Å²) in [5.74, 6) is -0.130. The first-order chi connectivity index (χ1) is 13.1. The van der Waals surface area contributed by atoms with E-state index in [-0.39, 0.29) is 11.4 Å². The van der Waals surface area contributed by atoms with Gasteiger partial charge in [-0.3, -0.25) is 4.79 Å². The van der Waals surface area contributed by atoms with Gasteiger partial charge in [0, 0.05) is 22.1 Å². The number of nitrogens with zero attached hydrogens (tertiary/aromatic N) is 2. The fourth-order valence-electron chi connectivity index (χ4n) is 3.38. The van der Waals surface area contributed by atoms with Crippen LogP contribution in [0.1, 0.15) is 29.0 Å². The van der Waals surface area contributed by atoms with E-state index in [0.717, 1.165) is 35.1 Å². The summed E-state index contributed by atoms with van der Waals surface area (Å²) in [6.07, 6.45) is 3.70. The number of aromatic amines is 1. The lowest BCUT2D eigenvalue weighted by atomic mass is 10.1. The van der Waals surface area contributed by atoms with E-state index in [2.05, 4.69) is 10.3 Å². The SMILES string of the molecule is O=C(NC1(c2ccn(-c3ccccc3)n2)CC1)c1cc2cc(Cl)ccc2[nH]1. The lowest BCUT2D eigenvalue weighted by molar-refractivity contribution is 0.0925. The van der Waals surface area contributed by atoms with Crippen LogP contribution in [0.25, 0.3) is 16.6 Å². The number of carbonyl (C=O) groups is 1. The zero-order valence-corrected chi connectivity index (χ0v) is 15.2. The molecular weight excluding hydrogens is 360 g/mol. The second kappa shape index (κ2) is 5.99. The monoisotopic (exact) mass is 376 g/mol. The Bertz CT molecular complexity index is 1140. The minimum absolute atomic E-state index is 0.130. The number of benzene rings is 2. The Kier molecular flexibility index (Phi) is 3.58. The molecule has 1 aliphatic carbocycles. The molecule has 0 spiro atoms. The number of amides is 1. The highest BCUT2D eigenvalue weighted by molar-refractivity contribution is 6.31. The maximum absolute atomic E-state index is 12.8. The molecule has 1 aliphatic rings. The highest BCUT2D eigenvalue weighted by atomic mass is 35.5. The highest BCUT2D eigenvalue weighted by Gasteiger charge is 2.48. The number of fused-ring (bicyclic) bond motifs is 1. The molecule has 27 heavy (non-hydrogen) atoms. The molecule has 0 atom stereocenters. The van der Waals surface area contributed by atoms with E-state index in [1.807, 2.05) is 65.5 Å². The standard InChI is InChI=1S/C21H17ClN4O/c22-15-6-7-17-14(12-15)13-18(23-17)20(27)24-21(9-10-21)19-8-11-26(25-19)16-4-2-1-3-5-16/h1-8,11-13,23H,9-10H2,(H,24,27). The van der Waals surface area contributed by atoms with Gasteiger partial charge in [0.05, 0.1) is 16.9 Å². The van der Waals surface area contributed by atoms with Crippen LogP contribution in [0, 0.1) is 0 Å². The van der Waals surface area contributed by atoms with Gasteiger partial charge in [-0.1, -0.05) is 29.8 Å². The van der Waals surface area contributed by atoms with Gasteiger partial charge in [-0.15, -0.1) is 0 Å². The summed E-state index contributed by atoms with van der Waals surface area (Å²) in [6, 6.07) is 19.3. The van der Waals surface area contributed by atoms with Gasteiger partial charge in [0.1, 0.15) is 5.69 Å².